The van der Waals surface area contributed by atoms with Crippen molar-refractivity contribution in [1.82, 2.24) is 4.98 Å². The number of rotatable bonds is 3. The minimum absolute atomic E-state index is 0.0747. The Labute approximate surface area is 94.2 Å². The van der Waals surface area contributed by atoms with E-state index in [0.717, 1.165) is 22.0 Å². The maximum absolute atomic E-state index is 10.7. The Bertz CT molecular complexity index is 363. The Morgan fingerprint density at radius 3 is 2.47 bits per heavy atom. The molecular weight excluding hydrogens is 210 g/mol. The number of carbonyl (C=O) groups is 1. The number of aliphatic carboxylic acids is 1. The van der Waals surface area contributed by atoms with Gasteiger partial charge < -0.3 is 5.11 Å². The first-order valence-corrected chi connectivity index (χ1v) is 5.87. The smallest absolute Gasteiger partial charge is 0.308 e. The van der Waals surface area contributed by atoms with Gasteiger partial charge in [-0.2, -0.15) is 0 Å². The van der Waals surface area contributed by atoms with Crippen LogP contribution in [0.4, 0.5) is 0 Å². The van der Waals surface area contributed by atoms with E-state index in [-0.39, 0.29) is 11.8 Å². The predicted molar refractivity (Wildman–Crippen MR) is 61.5 cm³/mol. The lowest BCUT2D eigenvalue weighted by atomic mass is 9.91. The average Bonchev–Trinajstić information content (AvgIpc) is 2.45. The zero-order valence-corrected chi connectivity index (χ0v) is 10.4. The Hall–Kier alpha value is -0.900. The summed E-state index contributed by atoms with van der Waals surface area (Å²) in [5.74, 6) is -0.785. The van der Waals surface area contributed by atoms with Crippen LogP contribution in [0.2, 0.25) is 0 Å². The molecule has 1 aromatic rings. The minimum Gasteiger partial charge on any atom is -0.481 e. The third-order valence-corrected chi connectivity index (χ3v) is 3.27. The number of carboxylic acids is 1. The lowest BCUT2D eigenvalue weighted by molar-refractivity contribution is -0.136. The first-order valence-electron chi connectivity index (χ1n) is 5.05. The summed E-state index contributed by atoms with van der Waals surface area (Å²) in [6.45, 7) is 8.22. The monoisotopic (exact) mass is 227 g/mol. The van der Waals surface area contributed by atoms with E-state index in [9.17, 15) is 4.79 Å². The van der Waals surface area contributed by atoms with Gasteiger partial charge in [0.05, 0.1) is 17.1 Å². The molecule has 0 aliphatic carbocycles. The summed E-state index contributed by atoms with van der Waals surface area (Å²) >= 11 is 1.52. The van der Waals surface area contributed by atoms with E-state index in [1.807, 2.05) is 6.92 Å². The summed E-state index contributed by atoms with van der Waals surface area (Å²) in [6, 6.07) is 0. The zero-order chi connectivity index (χ0) is 11.6. The van der Waals surface area contributed by atoms with Crippen molar-refractivity contribution in [2.75, 3.05) is 0 Å². The van der Waals surface area contributed by atoms with Crippen LogP contribution in [0.15, 0.2) is 0 Å². The first-order chi connectivity index (χ1) is 6.84. The van der Waals surface area contributed by atoms with Gasteiger partial charge in [-0.05, 0) is 6.42 Å². The summed E-state index contributed by atoms with van der Waals surface area (Å²) in [5, 5.41) is 9.84. The molecule has 0 fully saturated rings. The number of aryl methyl sites for hydroxylation is 1. The van der Waals surface area contributed by atoms with Gasteiger partial charge in [-0.3, -0.25) is 4.79 Å². The summed E-state index contributed by atoms with van der Waals surface area (Å²) in [6.07, 6.45) is 0.956. The number of carboxylic acid groups (broad SMARTS) is 1. The molecule has 0 spiro atoms. The standard InChI is InChI=1S/C11H17NO2S/c1-5-8-12-10(11(2,3)4)7(15-8)6-9(13)14/h5-6H2,1-4H3,(H,13,14). The lowest BCUT2D eigenvalue weighted by Crippen LogP contribution is -2.15. The molecule has 3 nitrogen and oxygen atoms in total. The van der Waals surface area contributed by atoms with Gasteiger partial charge in [-0.1, -0.05) is 27.7 Å². The van der Waals surface area contributed by atoms with Crippen LogP contribution < -0.4 is 0 Å². The Morgan fingerprint density at radius 2 is 2.07 bits per heavy atom. The molecule has 84 valence electrons. The number of nitrogens with zero attached hydrogens (tertiary/aromatic N) is 1. The molecule has 1 aromatic heterocycles. The van der Waals surface area contributed by atoms with Crippen LogP contribution in [-0.4, -0.2) is 16.1 Å². The second-order valence-corrected chi connectivity index (χ2v) is 5.72. The molecule has 0 unspecified atom stereocenters. The van der Waals surface area contributed by atoms with Crippen LogP contribution in [0.5, 0.6) is 0 Å². The van der Waals surface area contributed by atoms with E-state index < -0.39 is 5.97 Å². The Balaban J connectivity index is 3.12. The van der Waals surface area contributed by atoms with Gasteiger partial charge in [0.2, 0.25) is 0 Å². The quantitative estimate of drug-likeness (QED) is 0.863. The van der Waals surface area contributed by atoms with Gasteiger partial charge in [-0.15, -0.1) is 11.3 Å². The van der Waals surface area contributed by atoms with Crippen molar-refractivity contribution in [1.29, 1.82) is 0 Å². The molecule has 1 rings (SSSR count). The molecule has 0 amide bonds. The molecule has 0 aromatic carbocycles. The molecule has 0 bridgehead atoms. The van der Waals surface area contributed by atoms with Crippen molar-refractivity contribution >= 4 is 17.3 Å². The fourth-order valence-corrected chi connectivity index (χ4v) is 2.60. The Morgan fingerprint density at radius 1 is 1.47 bits per heavy atom. The largest absolute Gasteiger partial charge is 0.481 e. The van der Waals surface area contributed by atoms with Crippen molar-refractivity contribution in [3.05, 3.63) is 15.6 Å². The normalized spacial score (nSPS) is 11.7. The number of hydrogen-bond acceptors (Lipinski definition) is 3. The van der Waals surface area contributed by atoms with Crippen molar-refractivity contribution < 1.29 is 9.90 Å². The number of hydrogen-bond donors (Lipinski definition) is 1. The van der Waals surface area contributed by atoms with E-state index in [0.29, 0.717) is 0 Å². The molecule has 0 saturated heterocycles. The van der Waals surface area contributed by atoms with Gasteiger partial charge in [0, 0.05) is 10.3 Å². The molecular formula is C11H17NO2S. The summed E-state index contributed by atoms with van der Waals surface area (Å²) in [7, 11) is 0. The first kappa shape index (κ1) is 12.2. The topological polar surface area (TPSA) is 50.2 Å². The van der Waals surface area contributed by atoms with E-state index in [1.165, 1.54) is 11.3 Å². The maximum Gasteiger partial charge on any atom is 0.308 e. The number of thiazole rings is 1. The minimum atomic E-state index is -0.785. The van der Waals surface area contributed by atoms with Crippen LogP contribution in [0.25, 0.3) is 0 Å². The third-order valence-electron chi connectivity index (χ3n) is 2.07. The van der Waals surface area contributed by atoms with Gasteiger partial charge in [0.25, 0.3) is 0 Å². The second kappa shape index (κ2) is 4.31. The fourth-order valence-electron chi connectivity index (χ4n) is 1.39. The number of aromatic nitrogens is 1. The van der Waals surface area contributed by atoms with Crippen LogP contribution in [0.3, 0.4) is 0 Å². The second-order valence-electron chi connectivity index (χ2n) is 4.55. The van der Waals surface area contributed by atoms with E-state index >= 15 is 0 Å². The van der Waals surface area contributed by atoms with Crippen LogP contribution >= 0.6 is 11.3 Å². The molecule has 1 heterocycles. The van der Waals surface area contributed by atoms with Gasteiger partial charge in [0.15, 0.2) is 0 Å². The zero-order valence-electron chi connectivity index (χ0n) is 9.63. The highest BCUT2D eigenvalue weighted by molar-refractivity contribution is 7.11. The summed E-state index contributed by atoms with van der Waals surface area (Å²) < 4.78 is 0. The maximum atomic E-state index is 10.7. The summed E-state index contributed by atoms with van der Waals surface area (Å²) in [5.41, 5.74) is 0.862. The SMILES string of the molecule is CCc1nc(C(C)(C)C)c(CC(=O)O)s1. The molecule has 0 atom stereocenters. The molecule has 0 radical (unpaired) electrons. The molecule has 0 aliphatic heterocycles. The molecule has 15 heavy (non-hydrogen) atoms. The predicted octanol–water partition coefficient (Wildman–Crippen LogP) is 2.63. The molecule has 4 heteroatoms. The molecule has 1 N–H and O–H groups in total. The van der Waals surface area contributed by atoms with Crippen molar-refractivity contribution in [3.8, 4) is 0 Å². The van der Waals surface area contributed by atoms with Crippen LogP contribution in [-0.2, 0) is 23.1 Å². The van der Waals surface area contributed by atoms with Gasteiger partial charge in [0.1, 0.15) is 0 Å². The van der Waals surface area contributed by atoms with E-state index in [2.05, 4.69) is 25.8 Å². The van der Waals surface area contributed by atoms with Gasteiger partial charge in [-0.25, -0.2) is 4.98 Å². The fraction of sp³-hybridized carbons (Fsp3) is 0.636. The average molecular weight is 227 g/mol. The van der Waals surface area contributed by atoms with Crippen LogP contribution in [0, 0.1) is 0 Å². The van der Waals surface area contributed by atoms with Crippen molar-refractivity contribution in [2.24, 2.45) is 0 Å². The van der Waals surface area contributed by atoms with E-state index in [1.54, 1.807) is 0 Å². The highest BCUT2D eigenvalue weighted by atomic mass is 32.1. The highest BCUT2D eigenvalue weighted by Gasteiger charge is 2.23. The Kier molecular flexibility index (Phi) is 3.50. The van der Waals surface area contributed by atoms with Crippen molar-refractivity contribution in [2.45, 2.75) is 46.0 Å². The van der Waals surface area contributed by atoms with Gasteiger partial charge >= 0.3 is 5.97 Å². The third kappa shape index (κ3) is 3.02. The molecule has 0 aliphatic rings. The van der Waals surface area contributed by atoms with Crippen LogP contribution in [0.1, 0.15) is 43.3 Å². The van der Waals surface area contributed by atoms with E-state index in [4.69, 9.17) is 5.11 Å². The highest BCUT2D eigenvalue weighted by Crippen LogP contribution is 2.30. The lowest BCUT2D eigenvalue weighted by Gasteiger charge is -2.16. The van der Waals surface area contributed by atoms with Crippen molar-refractivity contribution in [3.63, 3.8) is 0 Å². The summed E-state index contributed by atoms with van der Waals surface area (Å²) in [4.78, 5) is 16.1. The molecule has 0 saturated carbocycles.